The first kappa shape index (κ1) is 15.8. The Bertz CT molecular complexity index is 347. The lowest BCUT2D eigenvalue weighted by Gasteiger charge is -2.07. The molecular formula is C14H21F3N2. The zero-order chi connectivity index (χ0) is 14.1. The minimum atomic E-state index is -4.02. The molecule has 0 spiro atoms. The molecule has 2 nitrogen and oxygen atoms in total. The number of halogens is 3. The molecule has 0 aliphatic carbocycles. The molecule has 0 radical (unpaired) electrons. The van der Waals surface area contributed by atoms with Crippen molar-refractivity contribution in [1.29, 1.82) is 0 Å². The summed E-state index contributed by atoms with van der Waals surface area (Å²) in [5, 5.41) is 3.16. The zero-order valence-corrected chi connectivity index (χ0v) is 11.0. The summed E-state index contributed by atoms with van der Waals surface area (Å²) in [4.78, 5) is 0. The van der Waals surface area contributed by atoms with Gasteiger partial charge in [-0.05, 0) is 56.5 Å². The van der Waals surface area contributed by atoms with Crippen LogP contribution in [0.1, 0.15) is 31.2 Å². The van der Waals surface area contributed by atoms with Crippen molar-refractivity contribution >= 4 is 5.69 Å². The fourth-order valence-corrected chi connectivity index (χ4v) is 1.80. The third-order valence-electron chi connectivity index (χ3n) is 2.86. The van der Waals surface area contributed by atoms with E-state index < -0.39 is 12.6 Å². The number of anilines is 1. The van der Waals surface area contributed by atoms with Gasteiger partial charge in [0.2, 0.25) is 0 Å². The third-order valence-corrected chi connectivity index (χ3v) is 2.86. The third kappa shape index (κ3) is 8.48. The van der Waals surface area contributed by atoms with Crippen LogP contribution in [0.2, 0.25) is 0 Å². The quantitative estimate of drug-likeness (QED) is 0.562. The lowest BCUT2D eigenvalue weighted by atomic mass is 10.1. The Balaban J connectivity index is 1.95. The molecule has 108 valence electrons. The largest absolute Gasteiger partial charge is 0.399 e. The molecule has 0 unspecified atom stereocenters. The Morgan fingerprint density at radius 3 is 2.21 bits per heavy atom. The Labute approximate surface area is 112 Å². The number of hydrogen-bond acceptors (Lipinski definition) is 2. The second kappa shape index (κ2) is 8.04. The van der Waals surface area contributed by atoms with E-state index in [0.29, 0.717) is 13.0 Å². The van der Waals surface area contributed by atoms with Gasteiger partial charge in [0, 0.05) is 12.1 Å². The number of nitrogens with two attached hydrogens (primary N) is 1. The molecule has 3 N–H and O–H groups in total. The highest BCUT2D eigenvalue weighted by Crippen LogP contribution is 2.21. The maximum absolute atomic E-state index is 11.9. The number of nitrogens with one attached hydrogen (secondary N) is 1. The normalized spacial score (nSPS) is 11.7. The summed E-state index contributed by atoms with van der Waals surface area (Å²) in [5.74, 6) is 0. The molecule has 0 amide bonds. The Kier molecular flexibility index (Phi) is 6.70. The maximum atomic E-state index is 11.9. The number of alkyl halides is 3. The monoisotopic (exact) mass is 274 g/mol. The van der Waals surface area contributed by atoms with Crippen molar-refractivity contribution in [3.63, 3.8) is 0 Å². The standard InChI is InChI=1S/C14H21F3N2/c15-14(16,17)9-1-2-10-19-11-3-4-12-5-7-13(18)8-6-12/h5-8,19H,1-4,9-11,18H2. The predicted octanol–water partition coefficient (Wildman–Crippen LogP) is 3.52. The van der Waals surface area contributed by atoms with E-state index in [4.69, 9.17) is 5.73 Å². The van der Waals surface area contributed by atoms with Crippen molar-refractivity contribution < 1.29 is 13.2 Å². The molecule has 1 aromatic rings. The minimum absolute atomic E-state index is 0.203. The molecule has 0 aliphatic heterocycles. The number of aryl methyl sites for hydroxylation is 1. The molecule has 19 heavy (non-hydrogen) atoms. The summed E-state index contributed by atoms with van der Waals surface area (Å²) < 4.78 is 35.6. The van der Waals surface area contributed by atoms with E-state index in [0.717, 1.165) is 25.1 Å². The fraction of sp³-hybridized carbons (Fsp3) is 0.571. The van der Waals surface area contributed by atoms with E-state index in [1.54, 1.807) is 0 Å². The summed E-state index contributed by atoms with van der Waals surface area (Å²) in [6.07, 6.45) is -2.00. The van der Waals surface area contributed by atoms with Crippen LogP contribution in [0.3, 0.4) is 0 Å². The number of rotatable bonds is 8. The van der Waals surface area contributed by atoms with Gasteiger partial charge in [0.25, 0.3) is 0 Å². The number of unbranched alkanes of at least 4 members (excludes halogenated alkanes) is 1. The molecule has 0 aromatic heterocycles. The summed E-state index contributed by atoms with van der Waals surface area (Å²) in [6.45, 7) is 1.48. The second-order valence-corrected chi connectivity index (χ2v) is 4.67. The van der Waals surface area contributed by atoms with E-state index in [2.05, 4.69) is 5.32 Å². The summed E-state index contributed by atoms with van der Waals surface area (Å²) in [6, 6.07) is 7.75. The minimum Gasteiger partial charge on any atom is -0.399 e. The predicted molar refractivity (Wildman–Crippen MR) is 72.0 cm³/mol. The maximum Gasteiger partial charge on any atom is 0.389 e. The lowest BCUT2D eigenvalue weighted by molar-refractivity contribution is -0.135. The van der Waals surface area contributed by atoms with Gasteiger partial charge in [-0.15, -0.1) is 0 Å². The van der Waals surface area contributed by atoms with Crippen LogP contribution in [0.15, 0.2) is 24.3 Å². The van der Waals surface area contributed by atoms with Crippen LogP contribution < -0.4 is 11.1 Å². The number of benzene rings is 1. The van der Waals surface area contributed by atoms with E-state index in [9.17, 15) is 13.2 Å². The van der Waals surface area contributed by atoms with Crippen molar-refractivity contribution in [2.75, 3.05) is 18.8 Å². The molecule has 0 atom stereocenters. The lowest BCUT2D eigenvalue weighted by Crippen LogP contribution is -2.18. The molecule has 0 heterocycles. The van der Waals surface area contributed by atoms with Crippen molar-refractivity contribution in [3.05, 3.63) is 29.8 Å². The smallest absolute Gasteiger partial charge is 0.389 e. The fourth-order valence-electron chi connectivity index (χ4n) is 1.80. The summed E-state index contributed by atoms with van der Waals surface area (Å²) >= 11 is 0. The van der Waals surface area contributed by atoms with Crippen molar-refractivity contribution in [3.8, 4) is 0 Å². The van der Waals surface area contributed by atoms with Crippen LogP contribution in [-0.2, 0) is 6.42 Å². The van der Waals surface area contributed by atoms with Gasteiger partial charge in [-0.25, -0.2) is 0 Å². The zero-order valence-electron chi connectivity index (χ0n) is 11.0. The van der Waals surface area contributed by atoms with Crippen molar-refractivity contribution in [1.82, 2.24) is 5.32 Å². The van der Waals surface area contributed by atoms with Crippen LogP contribution in [0.25, 0.3) is 0 Å². The van der Waals surface area contributed by atoms with Crippen molar-refractivity contribution in [2.24, 2.45) is 0 Å². The highest BCUT2D eigenvalue weighted by molar-refractivity contribution is 5.39. The molecule has 1 rings (SSSR count). The van der Waals surface area contributed by atoms with E-state index in [1.165, 1.54) is 5.56 Å². The molecule has 0 aliphatic rings. The molecule has 0 saturated heterocycles. The van der Waals surface area contributed by atoms with Crippen LogP contribution in [0, 0.1) is 0 Å². The Hall–Kier alpha value is -1.23. The van der Waals surface area contributed by atoms with E-state index in [1.807, 2.05) is 24.3 Å². The van der Waals surface area contributed by atoms with Crippen LogP contribution in [0.4, 0.5) is 18.9 Å². The van der Waals surface area contributed by atoms with E-state index >= 15 is 0 Å². The first-order valence-corrected chi connectivity index (χ1v) is 6.59. The van der Waals surface area contributed by atoms with Gasteiger partial charge in [-0.2, -0.15) is 13.2 Å². The molecule has 0 bridgehead atoms. The average Bonchev–Trinajstić information content (AvgIpc) is 2.33. The molecule has 1 aromatic carbocycles. The Morgan fingerprint density at radius 1 is 0.947 bits per heavy atom. The SMILES string of the molecule is Nc1ccc(CCCNCCCCC(F)(F)F)cc1. The van der Waals surface area contributed by atoms with Gasteiger partial charge in [0.1, 0.15) is 0 Å². The Morgan fingerprint density at radius 2 is 1.58 bits per heavy atom. The summed E-state index contributed by atoms with van der Waals surface area (Å²) in [7, 11) is 0. The van der Waals surface area contributed by atoms with Gasteiger partial charge in [-0.3, -0.25) is 0 Å². The van der Waals surface area contributed by atoms with Gasteiger partial charge >= 0.3 is 6.18 Å². The van der Waals surface area contributed by atoms with Gasteiger partial charge in [0.05, 0.1) is 0 Å². The second-order valence-electron chi connectivity index (χ2n) is 4.67. The number of hydrogen-bond donors (Lipinski definition) is 2. The van der Waals surface area contributed by atoms with E-state index in [-0.39, 0.29) is 6.42 Å². The molecule has 0 saturated carbocycles. The van der Waals surface area contributed by atoms with Crippen molar-refractivity contribution in [2.45, 2.75) is 38.3 Å². The van der Waals surface area contributed by atoms with Crippen LogP contribution in [-0.4, -0.2) is 19.3 Å². The first-order chi connectivity index (χ1) is 8.97. The summed E-state index contributed by atoms with van der Waals surface area (Å²) in [5.41, 5.74) is 7.57. The van der Waals surface area contributed by atoms with Gasteiger partial charge < -0.3 is 11.1 Å². The van der Waals surface area contributed by atoms with Gasteiger partial charge in [-0.1, -0.05) is 12.1 Å². The van der Waals surface area contributed by atoms with Gasteiger partial charge in [0.15, 0.2) is 0 Å². The average molecular weight is 274 g/mol. The molecule has 5 heteroatoms. The highest BCUT2D eigenvalue weighted by atomic mass is 19.4. The van der Waals surface area contributed by atoms with Crippen LogP contribution in [0.5, 0.6) is 0 Å². The first-order valence-electron chi connectivity index (χ1n) is 6.59. The van der Waals surface area contributed by atoms with Crippen LogP contribution >= 0.6 is 0 Å². The number of nitrogen functional groups attached to an aromatic ring is 1. The topological polar surface area (TPSA) is 38.0 Å². The highest BCUT2D eigenvalue weighted by Gasteiger charge is 2.25. The molecule has 0 fully saturated rings. The molecular weight excluding hydrogens is 253 g/mol.